The highest BCUT2D eigenvalue weighted by Gasteiger charge is 2.22. The maximum Gasteiger partial charge on any atom is 0.252 e. The lowest BCUT2D eigenvalue weighted by molar-refractivity contribution is 0.468. The van der Waals surface area contributed by atoms with Crippen LogP contribution in [0.3, 0.4) is 0 Å². The predicted octanol–water partition coefficient (Wildman–Crippen LogP) is 2.27. The molecule has 0 saturated carbocycles. The second kappa shape index (κ2) is 5.17. The van der Waals surface area contributed by atoms with Crippen molar-refractivity contribution in [2.75, 3.05) is 7.05 Å². The average Bonchev–Trinajstić information content (AvgIpc) is 2.78. The van der Waals surface area contributed by atoms with Gasteiger partial charge in [-0.1, -0.05) is 6.07 Å². The molecule has 0 amide bonds. The van der Waals surface area contributed by atoms with E-state index >= 15 is 0 Å². The maximum absolute atomic E-state index is 12.3. The first-order valence-corrected chi connectivity index (χ1v) is 7.67. The molecule has 4 nitrogen and oxygen atoms in total. The molecule has 0 aliphatic heterocycles. The number of rotatable bonds is 4. The molecule has 18 heavy (non-hydrogen) atoms. The lowest BCUT2D eigenvalue weighted by Gasteiger charge is -2.15. The third-order valence-corrected chi connectivity index (χ3v) is 5.78. The quantitative estimate of drug-likeness (QED) is 0.864. The Hall–Kier alpha value is -1.24. The summed E-state index contributed by atoms with van der Waals surface area (Å²) in [6.07, 6.45) is 3.34. The van der Waals surface area contributed by atoms with Gasteiger partial charge in [-0.15, -0.1) is 11.3 Å². The van der Waals surface area contributed by atoms with Crippen LogP contribution in [0, 0.1) is 6.92 Å². The van der Waals surface area contributed by atoms with Crippen molar-refractivity contribution in [3.05, 3.63) is 47.1 Å². The van der Waals surface area contributed by atoms with Gasteiger partial charge in [0, 0.05) is 30.9 Å². The Morgan fingerprint density at radius 2 is 2.11 bits per heavy atom. The second-order valence-corrected chi connectivity index (χ2v) is 7.55. The van der Waals surface area contributed by atoms with Crippen LogP contribution in [0.4, 0.5) is 0 Å². The SMILES string of the molecule is Cc1ccc(S(=O)(=O)N(C)Cc2cccnc2)s1. The number of hydrogen-bond donors (Lipinski definition) is 0. The zero-order chi connectivity index (χ0) is 13.2. The van der Waals surface area contributed by atoms with Crippen molar-refractivity contribution >= 4 is 21.4 Å². The van der Waals surface area contributed by atoms with Crippen LogP contribution in [0.15, 0.2) is 40.9 Å². The third kappa shape index (κ3) is 2.77. The maximum atomic E-state index is 12.3. The molecule has 0 atom stereocenters. The van der Waals surface area contributed by atoms with Gasteiger partial charge in [-0.25, -0.2) is 8.42 Å². The van der Waals surface area contributed by atoms with E-state index in [-0.39, 0.29) is 0 Å². The largest absolute Gasteiger partial charge is 0.264 e. The molecule has 0 aliphatic rings. The van der Waals surface area contributed by atoms with Crippen LogP contribution in [-0.4, -0.2) is 24.8 Å². The van der Waals surface area contributed by atoms with Crippen LogP contribution in [0.25, 0.3) is 0 Å². The smallest absolute Gasteiger partial charge is 0.252 e. The van der Waals surface area contributed by atoms with Gasteiger partial charge in [-0.2, -0.15) is 4.31 Å². The van der Waals surface area contributed by atoms with Gasteiger partial charge in [0.25, 0.3) is 10.0 Å². The topological polar surface area (TPSA) is 50.3 Å². The Balaban J connectivity index is 2.21. The fraction of sp³-hybridized carbons (Fsp3) is 0.250. The first-order valence-electron chi connectivity index (χ1n) is 5.42. The van der Waals surface area contributed by atoms with Crippen LogP contribution < -0.4 is 0 Å². The van der Waals surface area contributed by atoms with E-state index in [1.54, 1.807) is 31.6 Å². The van der Waals surface area contributed by atoms with E-state index in [2.05, 4.69) is 4.98 Å². The number of aryl methyl sites for hydroxylation is 1. The molecule has 0 saturated heterocycles. The number of aromatic nitrogens is 1. The van der Waals surface area contributed by atoms with Crippen LogP contribution in [-0.2, 0) is 16.6 Å². The number of hydrogen-bond acceptors (Lipinski definition) is 4. The van der Waals surface area contributed by atoms with Crippen molar-refractivity contribution < 1.29 is 8.42 Å². The Labute approximate surface area is 111 Å². The summed E-state index contributed by atoms with van der Waals surface area (Å²) >= 11 is 1.29. The van der Waals surface area contributed by atoms with Crippen molar-refractivity contribution in [3.63, 3.8) is 0 Å². The minimum atomic E-state index is -3.39. The molecule has 2 heterocycles. The van der Waals surface area contributed by atoms with Gasteiger partial charge < -0.3 is 0 Å². The fourth-order valence-corrected chi connectivity index (χ4v) is 4.19. The minimum absolute atomic E-state index is 0.327. The number of thiophene rings is 1. The fourth-order valence-electron chi connectivity index (χ4n) is 1.54. The Kier molecular flexibility index (Phi) is 3.79. The molecule has 0 aromatic carbocycles. The van der Waals surface area contributed by atoms with Crippen LogP contribution >= 0.6 is 11.3 Å². The standard InChI is InChI=1S/C12H14N2O2S2/c1-10-5-6-12(17-10)18(15,16)14(2)9-11-4-3-7-13-8-11/h3-8H,9H2,1-2H3. The first kappa shape index (κ1) is 13.2. The summed E-state index contributed by atoms with van der Waals surface area (Å²) in [5.41, 5.74) is 0.872. The van der Waals surface area contributed by atoms with Crippen LogP contribution in [0.2, 0.25) is 0 Å². The molecular weight excluding hydrogens is 268 g/mol. The summed E-state index contributed by atoms with van der Waals surface area (Å²) in [4.78, 5) is 4.97. The molecule has 6 heteroatoms. The molecule has 0 spiro atoms. The van der Waals surface area contributed by atoms with E-state index < -0.39 is 10.0 Å². The second-order valence-electron chi connectivity index (χ2n) is 3.99. The lowest BCUT2D eigenvalue weighted by atomic mass is 10.3. The van der Waals surface area contributed by atoms with Crippen molar-refractivity contribution in [1.82, 2.24) is 9.29 Å². The minimum Gasteiger partial charge on any atom is -0.264 e. The molecule has 96 valence electrons. The monoisotopic (exact) mass is 282 g/mol. The van der Waals surface area contributed by atoms with E-state index in [0.29, 0.717) is 10.8 Å². The molecule has 2 aromatic heterocycles. The predicted molar refractivity (Wildman–Crippen MR) is 71.9 cm³/mol. The summed E-state index contributed by atoms with van der Waals surface area (Å²) in [5.74, 6) is 0. The zero-order valence-electron chi connectivity index (χ0n) is 10.2. The number of pyridine rings is 1. The van der Waals surface area contributed by atoms with E-state index in [4.69, 9.17) is 0 Å². The summed E-state index contributed by atoms with van der Waals surface area (Å²) in [6.45, 7) is 2.22. The molecule has 2 rings (SSSR count). The van der Waals surface area contributed by atoms with Crippen molar-refractivity contribution in [3.8, 4) is 0 Å². The van der Waals surface area contributed by atoms with Crippen LogP contribution in [0.5, 0.6) is 0 Å². The molecular formula is C12H14N2O2S2. The Morgan fingerprint density at radius 3 is 2.67 bits per heavy atom. The van der Waals surface area contributed by atoms with Gasteiger partial charge in [-0.05, 0) is 30.7 Å². The van der Waals surface area contributed by atoms with Crippen LogP contribution in [0.1, 0.15) is 10.4 Å². The highest BCUT2D eigenvalue weighted by molar-refractivity contribution is 7.91. The highest BCUT2D eigenvalue weighted by atomic mass is 32.2. The van der Waals surface area contributed by atoms with Crippen molar-refractivity contribution in [1.29, 1.82) is 0 Å². The molecule has 0 bridgehead atoms. The van der Waals surface area contributed by atoms with E-state index in [1.165, 1.54) is 15.6 Å². The molecule has 0 N–H and O–H groups in total. The van der Waals surface area contributed by atoms with Gasteiger partial charge in [0.15, 0.2) is 0 Å². The molecule has 0 unspecified atom stereocenters. The van der Waals surface area contributed by atoms with Gasteiger partial charge in [0.05, 0.1) is 0 Å². The van der Waals surface area contributed by atoms with Gasteiger partial charge in [-0.3, -0.25) is 4.98 Å². The van der Waals surface area contributed by atoms with Crippen molar-refractivity contribution in [2.24, 2.45) is 0 Å². The van der Waals surface area contributed by atoms with E-state index in [0.717, 1.165) is 10.4 Å². The zero-order valence-corrected chi connectivity index (χ0v) is 11.8. The average molecular weight is 282 g/mol. The highest BCUT2D eigenvalue weighted by Crippen LogP contribution is 2.24. The molecule has 2 aromatic rings. The summed E-state index contributed by atoms with van der Waals surface area (Å²) in [7, 11) is -1.81. The summed E-state index contributed by atoms with van der Waals surface area (Å²) in [6, 6.07) is 7.12. The molecule has 0 aliphatic carbocycles. The molecule has 0 radical (unpaired) electrons. The van der Waals surface area contributed by atoms with Gasteiger partial charge in [0.2, 0.25) is 0 Å². The first-order chi connectivity index (χ1) is 8.50. The third-order valence-electron chi connectivity index (χ3n) is 2.51. The number of sulfonamides is 1. The van der Waals surface area contributed by atoms with Gasteiger partial charge in [0.1, 0.15) is 4.21 Å². The Morgan fingerprint density at radius 1 is 1.33 bits per heavy atom. The summed E-state index contributed by atoms with van der Waals surface area (Å²) < 4.78 is 26.3. The Bertz CT molecular complexity index is 621. The summed E-state index contributed by atoms with van der Waals surface area (Å²) in [5, 5.41) is 0. The lowest BCUT2D eigenvalue weighted by Crippen LogP contribution is -2.25. The number of nitrogens with zero attached hydrogens (tertiary/aromatic N) is 2. The molecule has 0 fully saturated rings. The van der Waals surface area contributed by atoms with E-state index in [9.17, 15) is 8.42 Å². The normalized spacial score (nSPS) is 11.9. The van der Waals surface area contributed by atoms with Crippen molar-refractivity contribution in [2.45, 2.75) is 17.7 Å². The van der Waals surface area contributed by atoms with E-state index in [1.807, 2.05) is 19.1 Å². The van der Waals surface area contributed by atoms with Gasteiger partial charge >= 0.3 is 0 Å².